The van der Waals surface area contributed by atoms with Crippen LogP contribution in [0.15, 0.2) is 29.0 Å². The lowest BCUT2D eigenvalue weighted by molar-refractivity contribution is 1.42. The summed E-state index contributed by atoms with van der Waals surface area (Å²) in [6.07, 6.45) is 4.87. The molecule has 0 rings (SSSR count). The molecule has 0 radical (unpaired) electrons. The molecule has 0 aromatic carbocycles. The summed E-state index contributed by atoms with van der Waals surface area (Å²) in [5, 5.41) is 0. The second-order valence-electron chi connectivity index (χ2n) is 1.41. The molecule has 0 aliphatic heterocycles. The van der Waals surface area contributed by atoms with Crippen molar-refractivity contribution < 1.29 is 0 Å². The smallest absolute Gasteiger partial charge is 0.0290 e. The van der Waals surface area contributed by atoms with Gasteiger partial charge in [-0.05, 0) is 31.5 Å². The van der Waals surface area contributed by atoms with Gasteiger partial charge in [0, 0.05) is 6.20 Å². The van der Waals surface area contributed by atoms with Crippen LogP contribution in [0.4, 0.5) is 0 Å². The predicted octanol–water partition coefficient (Wildman–Crippen LogP) is 1.06. The number of nitrogens with two attached hydrogens (primary N) is 1. The van der Waals surface area contributed by atoms with Gasteiger partial charge in [0.2, 0.25) is 0 Å². The summed E-state index contributed by atoms with van der Waals surface area (Å²) in [5.41, 5.74) is 6.08. The van der Waals surface area contributed by atoms with Gasteiger partial charge in [0.25, 0.3) is 0 Å². The number of hydrogen-bond donors (Lipinski definition) is 1. The van der Waals surface area contributed by atoms with Crippen LogP contribution in [-0.4, -0.2) is 6.72 Å². The minimum atomic E-state index is 1.00. The Hall–Kier alpha value is -1.05. The third kappa shape index (κ3) is 3.15. The molecule has 0 saturated heterocycles. The Labute approximate surface area is 49.4 Å². The van der Waals surface area contributed by atoms with Gasteiger partial charge in [-0.1, -0.05) is 0 Å². The SMILES string of the molecule is C=N/C=C(C)\C=C/N. The van der Waals surface area contributed by atoms with Crippen LogP contribution >= 0.6 is 0 Å². The molecule has 0 bridgehead atoms. The Morgan fingerprint density at radius 3 is 2.75 bits per heavy atom. The van der Waals surface area contributed by atoms with E-state index in [9.17, 15) is 0 Å². The largest absolute Gasteiger partial charge is 0.405 e. The molecular formula is C6H10N2. The van der Waals surface area contributed by atoms with E-state index in [2.05, 4.69) is 11.7 Å². The van der Waals surface area contributed by atoms with Crippen LogP contribution in [0.1, 0.15) is 6.92 Å². The van der Waals surface area contributed by atoms with Gasteiger partial charge in [-0.3, -0.25) is 4.99 Å². The third-order valence-corrected chi connectivity index (χ3v) is 0.654. The summed E-state index contributed by atoms with van der Waals surface area (Å²) >= 11 is 0. The van der Waals surface area contributed by atoms with Gasteiger partial charge in [-0.15, -0.1) is 0 Å². The van der Waals surface area contributed by atoms with E-state index in [1.165, 1.54) is 6.20 Å². The average molecular weight is 110 g/mol. The van der Waals surface area contributed by atoms with Crippen LogP contribution in [0.5, 0.6) is 0 Å². The number of hydrogen-bond acceptors (Lipinski definition) is 2. The van der Waals surface area contributed by atoms with Crippen molar-refractivity contribution in [2.75, 3.05) is 0 Å². The Kier molecular flexibility index (Phi) is 3.58. The van der Waals surface area contributed by atoms with Crippen LogP contribution in [0.25, 0.3) is 0 Å². The van der Waals surface area contributed by atoms with Crippen molar-refractivity contribution in [1.82, 2.24) is 0 Å². The monoisotopic (exact) mass is 110 g/mol. The van der Waals surface area contributed by atoms with E-state index in [4.69, 9.17) is 5.73 Å². The molecule has 2 heteroatoms. The molecule has 0 atom stereocenters. The lowest BCUT2D eigenvalue weighted by atomic mass is 10.3. The lowest BCUT2D eigenvalue weighted by Gasteiger charge is -1.82. The maximum Gasteiger partial charge on any atom is 0.0290 e. The van der Waals surface area contributed by atoms with Crippen molar-refractivity contribution in [2.24, 2.45) is 10.7 Å². The highest BCUT2D eigenvalue weighted by Gasteiger charge is 1.72. The Morgan fingerprint density at radius 2 is 2.38 bits per heavy atom. The first-order valence-corrected chi connectivity index (χ1v) is 2.32. The van der Waals surface area contributed by atoms with Crippen molar-refractivity contribution in [3.05, 3.63) is 24.0 Å². The number of nitrogens with zero attached hydrogens (tertiary/aromatic N) is 1. The van der Waals surface area contributed by atoms with Crippen molar-refractivity contribution in [2.45, 2.75) is 6.92 Å². The fraction of sp³-hybridized carbons (Fsp3) is 0.167. The first-order chi connectivity index (χ1) is 3.81. The third-order valence-electron chi connectivity index (χ3n) is 0.654. The van der Waals surface area contributed by atoms with Crippen molar-refractivity contribution in [3.63, 3.8) is 0 Å². The van der Waals surface area contributed by atoms with Gasteiger partial charge in [-0.2, -0.15) is 0 Å². The minimum absolute atomic E-state index is 1.00. The zero-order chi connectivity index (χ0) is 6.41. The molecule has 0 fully saturated rings. The van der Waals surface area contributed by atoms with E-state index in [0.717, 1.165) is 5.57 Å². The van der Waals surface area contributed by atoms with Crippen molar-refractivity contribution in [1.29, 1.82) is 0 Å². The zero-order valence-corrected chi connectivity index (χ0v) is 4.96. The second-order valence-corrected chi connectivity index (χ2v) is 1.41. The first kappa shape index (κ1) is 6.95. The highest BCUT2D eigenvalue weighted by molar-refractivity contribution is 5.28. The van der Waals surface area contributed by atoms with Crippen molar-refractivity contribution in [3.8, 4) is 0 Å². The van der Waals surface area contributed by atoms with Crippen LogP contribution < -0.4 is 5.73 Å². The summed E-state index contributed by atoms with van der Waals surface area (Å²) in [4.78, 5) is 3.54. The molecule has 44 valence electrons. The lowest BCUT2D eigenvalue weighted by Crippen LogP contribution is -1.75. The Bertz CT molecular complexity index is 122. The maximum absolute atomic E-state index is 5.08. The molecule has 0 saturated carbocycles. The van der Waals surface area contributed by atoms with Crippen LogP contribution in [0.3, 0.4) is 0 Å². The molecule has 8 heavy (non-hydrogen) atoms. The van der Waals surface area contributed by atoms with Crippen LogP contribution in [0, 0.1) is 0 Å². The number of aliphatic imine (C=N–C) groups is 1. The topological polar surface area (TPSA) is 38.4 Å². The minimum Gasteiger partial charge on any atom is -0.405 e. The van der Waals surface area contributed by atoms with E-state index in [1.807, 2.05) is 6.92 Å². The normalized spacial score (nSPS) is 12.4. The van der Waals surface area contributed by atoms with E-state index in [1.54, 1.807) is 12.3 Å². The summed E-state index contributed by atoms with van der Waals surface area (Å²) in [6, 6.07) is 0. The Balaban J connectivity index is 3.79. The molecule has 0 aromatic rings. The molecule has 0 aliphatic carbocycles. The standard InChI is InChI=1S/C6H10N2/c1-6(3-4-7)5-8-2/h3-5H,2,7H2,1H3/b4-3-,6-5-. The van der Waals surface area contributed by atoms with Gasteiger partial charge in [0.05, 0.1) is 0 Å². The van der Waals surface area contributed by atoms with Gasteiger partial charge < -0.3 is 5.73 Å². The molecule has 2 N–H and O–H groups in total. The molecule has 0 unspecified atom stereocenters. The summed E-state index contributed by atoms with van der Waals surface area (Å²) < 4.78 is 0. The molecule has 0 aliphatic rings. The number of rotatable bonds is 2. The quantitative estimate of drug-likeness (QED) is 0.419. The summed E-state index contributed by atoms with van der Waals surface area (Å²) in [6.45, 7) is 5.18. The van der Waals surface area contributed by atoms with E-state index in [0.29, 0.717) is 0 Å². The summed E-state index contributed by atoms with van der Waals surface area (Å²) in [5.74, 6) is 0. The van der Waals surface area contributed by atoms with Gasteiger partial charge in [0.1, 0.15) is 0 Å². The van der Waals surface area contributed by atoms with Crippen LogP contribution in [-0.2, 0) is 0 Å². The van der Waals surface area contributed by atoms with Gasteiger partial charge in [0.15, 0.2) is 0 Å². The number of allylic oxidation sites excluding steroid dienone is 2. The predicted molar refractivity (Wildman–Crippen MR) is 36.6 cm³/mol. The highest BCUT2D eigenvalue weighted by Crippen LogP contribution is 1.91. The molecule has 2 nitrogen and oxygen atoms in total. The van der Waals surface area contributed by atoms with E-state index in [-0.39, 0.29) is 0 Å². The van der Waals surface area contributed by atoms with Gasteiger partial charge >= 0.3 is 0 Å². The maximum atomic E-state index is 5.08. The molecule has 0 aromatic heterocycles. The van der Waals surface area contributed by atoms with E-state index >= 15 is 0 Å². The van der Waals surface area contributed by atoms with E-state index < -0.39 is 0 Å². The average Bonchev–Trinajstić information content (AvgIpc) is 1.68. The molecule has 0 spiro atoms. The fourth-order valence-corrected chi connectivity index (χ4v) is 0.339. The van der Waals surface area contributed by atoms with Crippen LogP contribution in [0.2, 0.25) is 0 Å². The molecule has 0 amide bonds. The highest BCUT2D eigenvalue weighted by atomic mass is 14.6. The molecule has 0 heterocycles. The fourth-order valence-electron chi connectivity index (χ4n) is 0.339. The van der Waals surface area contributed by atoms with Gasteiger partial charge in [-0.25, -0.2) is 0 Å². The Morgan fingerprint density at radius 1 is 1.75 bits per heavy atom. The second kappa shape index (κ2) is 4.12. The first-order valence-electron chi connectivity index (χ1n) is 2.32. The van der Waals surface area contributed by atoms with Crippen molar-refractivity contribution >= 4 is 6.72 Å². The zero-order valence-electron chi connectivity index (χ0n) is 4.96. The molecular weight excluding hydrogens is 100 g/mol. The summed E-state index contributed by atoms with van der Waals surface area (Å²) in [7, 11) is 0.